The first-order valence-electron chi connectivity index (χ1n) is 5.43. The first-order valence-corrected chi connectivity index (χ1v) is 5.43. The van der Waals surface area contributed by atoms with Crippen LogP contribution in [-0.2, 0) is 19.0 Å². The van der Waals surface area contributed by atoms with Gasteiger partial charge in [-0.05, 0) is 20.3 Å². The molecule has 0 aromatic rings. The minimum atomic E-state index is -0.745. The molecule has 0 aliphatic rings. The molecule has 5 heteroatoms. The average Bonchev–Trinajstić information content (AvgIpc) is 2.17. The van der Waals surface area contributed by atoms with E-state index in [1.807, 2.05) is 0 Å². The van der Waals surface area contributed by atoms with Crippen molar-refractivity contribution in [1.82, 2.24) is 0 Å². The summed E-state index contributed by atoms with van der Waals surface area (Å²) in [6.07, 6.45) is 0.979. The molecule has 0 aliphatic heterocycles. The Bertz CT molecular complexity index is 158. The van der Waals surface area contributed by atoms with Gasteiger partial charge in [-0.1, -0.05) is 13.3 Å². The molecular weight excluding hydrogens is 212 g/mol. The molecule has 0 aromatic heterocycles. The molecular formula is C11H24O5. The van der Waals surface area contributed by atoms with Crippen molar-refractivity contribution in [2.75, 3.05) is 13.7 Å². The lowest BCUT2D eigenvalue weighted by Crippen LogP contribution is -2.17. The average molecular weight is 236 g/mol. The monoisotopic (exact) mass is 236 g/mol. The van der Waals surface area contributed by atoms with Gasteiger partial charge >= 0.3 is 5.97 Å². The van der Waals surface area contributed by atoms with E-state index < -0.39 is 6.29 Å². The van der Waals surface area contributed by atoms with Crippen molar-refractivity contribution in [3.8, 4) is 0 Å². The summed E-state index contributed by atoms with van der Waals surface area (Å²) >= 11 is 0. The third kappa shape index (κ3) is 19.0. The Balaban J connectivity index is 0. The maximum Gasteiger partial charge on any atom is 0.302 e. The number of hydrogen-bond acceptors (Lipinski definition) is 5. The number of methoxy groups -OCH3 is 1. The number of ether oxygens (including phenoxy) is 3. The van der Waals surface area contributed by atoms with Crippen LogP contribution in [0.1, 0.15) is 40.5 Å². The van der Waals surface area contributed by atoms with Gasteiger partial charge in [-0.25, -0.2) is 0 Å². The SMILES string of the molecule is CCCCOC(C)=O.COC(C)OC(C)O. The van der Waals surface area contributed by atoms with Gasteiger partial charge in [-0.3, -0.25) is 4.79 Å². The highest BCUT2D eigenvalue weighted by atomic mass is 16.7. The van der Waals surface area contributed by atoms with Gasteiger partial charge in [0.15, 0.2) is 12.6 Å². The third-order valence-corrected chi connectivity index (χ3v) is 1.52. The topological polar surface area (TPSA) is 65.0 Å². The molecule has 5 nitrogen and oxygen atoms in total. The second-order valence-electron chi connectivity index (χ2n) is 3.23. The van der Waals surface area contributed by atoms with E-state index in [2.05, 4.69) is 16.4 Å². The van der Waals surface area contributed by atoms with Crippen molar-refractivity contribution in [3.63, 3.8) is 0 Å². The number of esters is 1. The van der Waals surface area contributed by atoms with E-state index in [0.29, 0.717) is 6.61 Å². The number of carbonyl (C=O) groups excluding carboxylic acids is 1. The third-order valence-electron chi connectivity index (χ3n) is 1.52. The fourth-order valence-electron chi connectivity index (χ4n) is 0.693. The van der Waals surface area contributed by atoms with Gasteiger partial charge in [0.05, 0.1) is 6.61 Å². The summed E-state index contributed by atoms with van der Waals surface area (Å²) in [5.41, 5.74) is 0. The first kappa shape index (κ1) is 17.7. The van der Waals surface area contributed by atoms with E-state index >= 15 is 0 Å². The summed E-state index contributed by atoms with van der Waals surface area (Å²) in [7, 11) is 1.52. The van der Waals surface area contributed by atoms with Crippen LogP contribution in [0.3, 0.4) is 0 Å². The Morgan fingerprint density at radius 2 is 1.94 bits per heavy atom. The van der Waals surface area contributed by atoms with Crippen molar-refractivity contribution in [2.24, 2.45) is 0 Å². The number of aliphatic hydroxyl groups is 1. The van der Waals surface area contributed by atoms with Crippen LogP contribution >= 0.6 is 0 Å². The Hall–Kier alpha value is -0.650. The van der Waals surface area contributed by atoms with Gasteiger partial charge < -0.3 is 19.3 Å². The zero-order chi connectivity index (χ0) is 13.0. The highest BCUT2D eigenvalue weighted by Gasteiger charge is 2.00. The highest BCUT2D eigenvalue weighted by Crippen LogP contribution is 1.93. The molecule has 98 valence electrons. The van der Waals surface area contributed by atoms with Gasteiger partial charge in [0, 0.05) is 14.0 Å². The molecule has 0 aliphatic carbocycles. The zero-order valence-corrected chi connectivity index (χ0v) is 10.9. The van der Waals surface area contributed by atoms with Gasteiger partial charge in [-0.15, -0.1) is 0 Å². The summed E-state index contributed by atoms with van der Waals surface area (Å²) in [4.78, 5) is 10.1. The van der Waals surface area contributed by atoms with E-state index in [9.17, 15) is 4.79 Å². The predicted octanol–water partition coefficient (Wildman–Crippen LogP) is 1.68. The van der Waals surface area contributed by atoms with Crippen molar-refractivity contribution < 1.29 is 24.1 Å². The molecule has 0 bridgehead atoms. The summed E-state index contributed by atoms with van der Waals surface area (Å²) in [6.45, 7) is 7.31. The number of carbonyl (C=O) groups is 1. The van der Waals surface area contributed by atoms with Crippen LogP contribution in [0, 0.1) is 0 Å². The van der Waals surface area contributed by atoms with Crippen LogP contribution in [0.4, 0.5) is 0 Å². The van der Waals surface area contributed by atoms with Gasteiger partial charge in [0.25, 0.3) is 0 Å². The van der Waals surface area contributed by atoms with E-state index in [1.165, 1.54) is 21.0 Å². The number of aliphatic hydroxyl groups excluding tert-OH is 1. The maximum absolute atomic E-state index is 10.1. The smallest absolute Gasteiger partial charge is 0.302 e. The Kier molecular flexibility index (Phi) is 13.8. The highest BCUT2D eigenvalue weighted by molar-refractivity contribution is 5.65. The van der Waals surface area contributed by atoms with Crippen LogP contribution < -0.4 is 0 Å². The number of rotatable bonds is 6. The Morgan fingerprint density at radius 3 is 2.19 bits per heavy atom. The second-order valence-corrected chi connectivity index (χ2v) is 3.23. The van der Waals surface area contributed by atoms with Crippen molar-refractivity contribution in [2.45, 2.75) is 53.1 Å². The molecule has 0 aromatic carbocycles. The standard InChI is InChI=1S/C6H12O2.C5H12O3/c1-3-4-5-8-6(2)7;1-4(6)8-5(2)7-3/h3-5H2,1-2H3;4-6H,1-3H3. The normalized spacial score (nSPS) is 13.4. The van der Waals surface area contributed by atoms with Gasteiger partial charge in [0.2, 0.25) is 0 Å². The second kappa shape index (κ2) is 12.4. The lowest BCUT2D eigenvalue weighted by atomic mass is 10.4. The van der Waals surface area contributed by atoms with E-state index in [-0.39, 0.29) is 12.3 Å². The summed E-state index contributed by atoms with van der Waals surface area (Å²) < 4.78 is 14.1. The van der Waals surface area contributed by atoms with Crippen LogP contribution in [-0.4, -0.2) is 37.4 Å². The predicted molar refractivity (Wildman–Crippen MR) is 60.8 cm³/mol. The molecule has 0 fully saturated rings. The van der Waals surface area contributed by atoms with Gasteiger partial charge in [0.1, 0.15) is 0 Å². The molecule has 0 radical (unpaired) electrons. The molecule has 0 rings (SSSR count). The van der Waals surface area contributed by atoms with Crippen molar-refractivity contribution >= 4 is 5.97 Å². The fraction of sp³-hybridized carbons (Fsp3) is 0.909. The first-order chi connectivity index (χ1) is 7.43. The minimum Gasteiger partial charge on any atom is -0.466 e. The van der Waals surface area contributed by atoms with E-state index in [4.69, 9.17) is 9.84 Å². The molecule has 0 spiro atoms. The van der Waals surface area contributed by atoms with Crippen molar-refractivity contribution in [1.29, 1.82) is 0 Å². The molecule has 2 unspecified atom stereocenters. The van der Waals surface area contributed by atoms with Gasteiger partial charge in [-0.2, -0.15) is 0 Å². The number of hydrogen-bond donors (Lipinski definition) is 1. The van der Waals surface area contributed by atoms with E-state index in [1.54, 1.807) is 6.92 Å². The Labute approximate surface area is 97.7 Å². The lowest BCUT2D eigenvalue weighted by molar-refractivity contribution is -0.202. The molecule has 16 heavy (non-hydrogen) atoms. The van der Waals surface area contributed by atoms with Crippen LogP contribution in [0.2, 0.25) is 0 Å². The molecule has 2 atom stereocenters. The van der Waals surface area contributed by atoms with Crippen LogP contribution in [0.5, 0.6) is 0 Å². The lowest BCUT2D eigenvalue weighted by Gasteiger charge is -2.12. The van der Waals surface area contributed by atoms with Crippen LogP contribution in [0.15, 0.2) is 0 Å². The number of unbranched alkanes of at least 4 members (excludes halogenated alkanes) is 1. The molecule has 0 saturated carbocycles. The van der Waals surface area contributed by atoms with E-state index in [0.717, 1.165) is 12.8 Å². The molecule has 0 heterocycles. The van der Waals surface area contributed by atoms with Crippen molar-refractivity contribution in [3.05, 3.63) is 0 Å². The maximum atomic E-state index is 10.1. The summed E-state index contributed by atoms with van der Waals surface area (Å²) in [5.74, 6) is -0.182. The fourth-order valence-corrected chi connectivity index (χ4v) is 0.693. The summed E-state index contributed by atoms with van der Waals surface area (Å²) in [5, 5.41) is 8.55. The quantitative estimate of drug-likeness (QED) is 0.432. The Morgan fingerprint density at radius 1 is 1.38 bits per heavy atom. The minimum absolute atomic E-state index is 0.182. The summed E-state index contributed by atoms with van der Waals surface area (Å²) in [6, 6.07) is 0. The zero-order valence-electron chi connectivity index (χ0n) is 10.9. The largest absolute Gasteiger partial charge is 0.466 e. The van der Waals surface area contributed by atoms with Crippen LogP contribution in [0.25, 0.3) is 0 Å². The molecule has 1 N–H and O–H groups in total. The molecule has 0 saturated heterocycles. The molecule has 0 amide bonds.